The minimum absolute atomic E-state index is 0.121. The topological polar surface area (TPSA) is 85.1 Å². The lowest BCUT2D eigenvalue weighted by atomic mass is 10.3. The third-order valence-corrected chi connectivity index (χ3v) is 4.16. The predicted octanol–water partition coefficient (Wildman–Crippen LogP) is 2.07. The van der Waals surface area contributed by atoms with Crippen LogP contribution in [0.25, 0.3) is 0 Å². The minimum atomic E-state index is -3.75. The monoisotopic (exact) mass is 375 g/mol. The van der Waals surface area contributed by atoms with Crippen molar-refractivity contribution in [2.45, 2.75) is 5.03 Å². The van der Waals surface area contributed by atoms with Crippen LogP contribution >= 0.6 is 22.6 Å². The number of rotatable bonds is 3. The molecule has 1 aromatic carbocycles. The van der Waals surface area contributed by atoms with Gasteiger partial charge in [0.2, 0.25) is 0 Å². The summed E-state index contributed by atoms with van der Waals surface area (Å²) >= 11 is 2.10. The van der Waals surface area contributed by atoms with Gasteiger partial charge in [-0.3, -0.25) is 4.72 Å². The third kappa shape index (κ3) is 2.91. The fraction of sp³-hybridized carbons (Fsp3) is 0. The van der Waals surface area contributed by atoms with Crippen LogP contribution in [-0.4, -0.2) is 13.4 Å². The van der Waals surface area contributed by atoms with E-state index in [-0.39, 0.29) is 10.7 Å². The number of aromatic nitrogens is 1. The van der Waals surface area contributed by atoms with Crippen LogP contribution in [0.1, 0.15) is 0 Å². The molecule has 1 aromatic heterocycles. The van der Waals surface area contributed by atoms with Crippen molar-refractivity contribution in [1.82, 2.24) is 4.98 Å². The zero-order valence-electron chi connectivity index (χ0n) is 9.17. The molecule has 7 heteroatoms. The Hall–Kier alpha value is -1.35. The molecule has 0 unspecified atom stereocenters. The second-order valence-electron chi connectivity index (χ2n) is 3.51. The van der Waals surface area contributed by atoms with Gasteiger partial charge in [-0.1, -0.05) is 6.07 Å². The second-order valence-corrected chi connectivity index (χ2v) is 6.36. The van der Waals surface area contributed by atoms with Gasteiger partial charge in [0.1, 0.15) is 0 Å². The molecular formula is C11H10IN3O2S. The molecule has 94 valence electrons. The van der Waals surface area contributed by atoms with E-state index in [1.807, 2.05) is 6.07 Å². The van der Waals surface area contributed by atoms with Crippen molar-refractivity contribution < 1.29 is 8.42 Å². The average Bonchev–Trinajstić information content (AvgIpc) is 2.28. The molecule has 2 rings (SSSR count). The highest BCUT2D eigenvalue weighted by molar-refractivity contribution is 14.1. The molecule has 0 saturated heterocycles. The molecule has 1 heterocycles. The van der Waals surface area contributed by atoms with Crippen LogP contribution in [0.3, 0.4) is 0 Å². The minimum Gasteiger partial charge on any atom is -0.396 e. The third-order valence-electron chi connectivity index (χ3n) is 2.13. The Morgan fingerprint density at radius 2 is 2.00 bits per heavy atom. The summed E-state index contributed by atoms with van der Waals surface area (Å²) < 4.78 is 27.5. The van der Waals surface area contributed by atoms with Crippen molar-refractivity contribution in [3.05, 3.63) is 46.2 Å². The molecule has 5 nitrogen and oxygen atoms in total. The number of nitrogens with one attached hydrogen (secondary N) is 1. The molecule has 0 radical (unpaired) electrons. The lowest BCUT2D eigenvalue weighted by Crippen LogP contribution is -2.16. The van der Waals surface area contributed by atoms with Crippen molar-refractivity contribution in [2.75, 3.05) is 10.5 Å². The number of benzene rings is 1. The van der Waals surface area contributed by atoms with E-state index in [1.165, 1.54) is 12.3 Å². The number of nitrogen functional groups attached to an aromatic ring is 1. The van der Waals surface area contributed by atoms with Crippen LogP contribution in [0.4, 0.5) is 11.4 Å². The quantitative estimate of drug-likeness (QED) is 0.805. The first kappa shape index (κ1) is 13.1. The Bertz CT molecular complexity index is 673. The molecule has 18 heavy (non-hydrogen) atoms. The van der Waals surface area contributed by atoms with Gasteiger partial charge < -0.3 is 5.73 Å². The maximum absolute atomic E-state index is 12.1. The Kier molecular flexibility index (Phi) is 3.71. The van der Waals surface area contributed by atoms with Gasteiger partial charge in [0.05, 0.1) is 5.69 Å². The summed E-state index contributed by atoms with van der Waals surface area (Å²) in [5, 5.41) is -0.163. The number of sulfonamides is 1. The molecular weight excluding hydrogens is 365 g/mol. The molecule has 2 aromatic rings. The molecule has 0 aliphatic heterocycles. The molecule has 0 aliphatic rings. The number of anilines is 2. The van der Waals surface area contributed by atoms with E-state index in [0.29, 0.717) is 5.69 Å². The van der Waals surface area contributed by atoms with E-state index in [0.717, 1.165) is 3.57 Å². The van der Waals surface area contributed by atoms with E-state index in [9.17, 15) is 8.42 Å². The van der Waals surface area contributed by atoms with Crippen LogP contribution in [0.2, 0.25) is 0 Å². The van der Waals surface area contributed by atoms with Gasteiger partial charge in [-0.2, -0.15) is 8.42 Å². The first-order valence-electron chi connectivity index (χ1n) is 4.98. The Morgan fingerprint density at radius 3 is 2.67 bits per heavy atom. The number of nitrogens with two attached hydrogens (primary N) is 1. The highest BCUT2D eigenvalue weighted by Crippen LogP contribution is 2.19. The van der Waals surface area contributed by atoms with Gasteiger partial charge in [-0.05, 0) is 52.9 Å². The first-order valence-corrected chi connectivity index (χ1v) is 7.54. The van der Waals surface area contributed by atoms with Gasteiger partial charge in [0, 0.05) is 15.5 Å². The van der Waals surface area contributed by atoms with E-state index < -0.39 is 10.0 Å². The van der Waals surface area contributed by atoms with Crippen LogP contribution in [0.15, 0.2) is 47.6 Å². The summed E-state index contributed by atoms with van der Waals surface area (Å²) in [4.78, 5) is 3.79. The largest absolute Gasteiger partial charge is 0.396 e. The van der Waals surface area contributed by atoms with E-state index in [1.54, 1.807) is 24.3 Å². The van der Waals surface area contributed by atoms with Gasteiger partial charge in [0.15, 0.2) is 5.03 Å². The SMILES string of the molecule is Nc1cccnc1S(=O)(=O)Nc1cccc(I)c1. The van der Waals surface area contributed by atoms with Crippen LogP contribution in [0, 0.1) is 3.57 Å². The maximum atomic E-state index is 12.1. The summed E-state index contributed by atoms with van der Waals surface area (Å²) in [5.41, 5.74) is 6.21. The fourth-order valence-electron chi connectivity index (χ4n) is 1.38. The molecule has 0 spiro atoms. The normalized spacial score (nSPS) is 11.2. The second kappa shape index (κ2) is 5.11. The Morgan fingerprint density at radius 1 is 1.22 bits per heavy atom. The molecule has 0 saturated carbocycles. The highest BCUT2D eigenvalue weighted by Gasteiger charge is 2.18. The number of nitrogens with zero attached hydrogens (tertiary/aromatic N) is 1. The molecule has 0 aliphatic carbocycles. The van der Waals surface area contributed by atoms with Crippen molar-refractivity contribution in [3.63, 3.8) is 0 Å². The number of hydrogen-bond acceptors (Lipinski definition) is 4. The Labute approximate surface area is 119 Å². The Balaban J connectivity index is 2.37. The van der Waals surface area contributed by atoms with Gasteiger partial charge in [-0.25, -0.2) is 4.98 Å². The van der Waals surface area contributed by atoms with Crippen LogP contribution < -0.4 is 10.5 Å². The van der Waals surface area contributed by atoms with Crippen molar-refractivity contribution in [1.29, 1.82) is 0 Å². The molecule has 0 amide bonds. The number of hydrogen-bond donors (Lipinski definition) is 2. The summed E-state index contributed by atoms with van der Waals surface area (Å²) in [7, 11) is -3.75. The molecule has 0 fully saturated rings. The fourth-order valence-corrected chi connectivity index (χ4v) is 3.04. The zero-order valence-corrected chi connectivity index (χ0v) is 12.1. The zero-order chi connectivity index (χ0) is 13.2. The average molecular weight is 375 g/mol. The van der Waals surface area contributed by atoms with Crippen molar-refractivity contribution >= 4 is 44.0 Å². The number of halogens is 1. The molecule has 3 N–H and O–H groups in total. The molecule has 0 atom stereocenters. The van der Waals surface area contributed by atoms with Crippen LogP contribution in [-0.2, 0) is 10.0 Å². The van der Waals surface area contributed by atoms with Gasteiger partial charge in [-0.15, -0.1) is 0 Å². The molecule has 0 bridgehead atoms. The summed E-state index contributed by atoms with van der Waals surface area (Å²) in [5.74, 6) is 0. The lowest BCUT2D eigenvalue weighted by molar-refractivity contribution is 0.598. The van der Waals surface area contributed by atoms with E-state index in [4.69, 9.17) is 5.73 Å². The van der Waals surface area contributed by atoms with Gasteiger partial charge in [0.25, 0.3) is 10.0 Å². The van der Waals surface area contributed by atoms with Crippen molar-refractivity contribution in [2.24, 2.45) is 0 Å². The van der Waals surface area contributed by atoms with Crippen molar-refractivity contribution in [3.8, 4) is 0 Å². The van der Waals surface area contributed by atoms with E-state index >= 15 is 0 Å². The predicted molar refractivity (Wildman–Crippen MR) is 78.6 cm³/mol. The maximum Gasteiger partial charge on any atom is 0.281 e. The lowest BCUT2D eigenvalue weighted by Gasteiger charge is -2.09. The van der Waals surface area contributed by atoms with E-state index in [2.05, 4.69) is 32.3 Å². The highest BCUT2D eigenvalue weighted by atomic mass is 127. The first-order chi connectivity index (χ1) is 8.49. The van der Waals surface area contributed by atoms with Crippen LogP contribution in [0.5, 0.6) is 0 Å². The smallest absolute Gasteiger partial charge is 0.281 e. The number of pyridine rings is 1. The standard InChI is InChI=1S/C11H10IN3O2S/c12-8-3-1-4-9(7-8)15-18(16,17)11-10(13)5-2-6-14-11/h1-7,15H,13H2. The summed E-state index contributed by atoms with van der Waals surface area (Å²) in [6, 6.07) is 10.1. The van der Waals surface area contributed by atoms with Gasteiger partial charge >= 0.3 is 0 Å². The summed E-state index contributed by atoms with van der Waals surface area (Å²) in [6.07, 6.45) is 1.39. The summed E-state index contributed by atoms with van der Waals surface area (Å²) in [6.45, 7) is 0.